The van der Waals surface area contributed by atoms with Crippen molar-refractivity contribution < 1.29 is 0 Å². The van der Waals surface area contributed by atoms with Gasteiger partial charge >= 0.3 is 0 Å². The van der Waals surface area contributed by atoms with Crippen molar-refractivity contribution >= 4 is 33.3 Å². The minimum atomic E-state index is -0.313. The number of rotatable bonds is 2. The Kier molecular flexibility index (Phi) is 3.90. The first kappa shape index (κ1) is 13.3. The Bertz CT molecular complexity index is 566. The van der Waals surface area contributed by atoms with Gasteiger partial charge in [-0.2, -0.15) is 0 Å². The van der Waals surface area contributed by atoms with E-state index >= 15 is 0 Å². The molecule has 18 heavy (non-hydrogen) atoms. The summed E-state index contributed by atoms with van der Waals surface area (Å²) in [4.78, 5) is 4.09. The Hall–Kier alpha value is -1.10. The molecule has 2 aromatic rings. The minimum absolute atomic E-state index is 0.313. The van der Waals surface area contributed by atoms with Crippen LogP contribution in [-0.2, 0) is 0 Å². The van der Waals surface area contributed by atoms with Crippen LogP contribution in [0.1, 0.15) is 22.7 Å². The molecule has 1 aromatic heterocycles. The van der Waals surface area contributed by atoms with E-state index in [2.05, 4.69) is 20.9 Å². The minimum Gasteiger partial charge on any atom is -0.383 e. The van der Waals surface area contributed by atoms with Crippen LogP contribution >= 0.6 is 27.5 Å². The van der Waals surface area contributed by atoms with Gasteiger partial charge in [0.05, 0.1) is 11.1 Å². The maximum Gasteiger partial charge on any atom is 0.128 e. The predicted octanol–water partition coefficient (Wildman–Crippen LogP) is 3.44. The molecule has 0 saturated heterocycles. The van der Waals surface area contributed by atoms with Gasteiger partial charge in [-0.3, -0.25) is 0 Å². The molecule has 0 amide bonds. The third-order valence-electron chi connectivity index (χ3n) is 2.85. The molecule has 0 aliphatic rings. The van der Waals surface area contributed by atoms with Crippen LogP contribution in [-0.4, -0.2) is 4.98 Å². The topological polar surface area (TPSA) is 64.9 Å². The Labute approximate surface area is 119 Å². The average Bonchev–Trinajstić information content (AvgIpc) is 2.32. The summed E-state index contributed by atoms with van der Waals surface area (Å²) < 4.78 is 0.817. The van der Waals surface area contributed by atoms with E-state index in [0.29, 0.717) is 10.8 Å². The van der Waals surface area contributed by atoms with Crippen LogP contribution < -0.4 is 11.5 Å². The molecule has 4 N–H and O–H groups in total. The van der Waals surface area contributed by atoms with Crippen molar-refractivity contribution in [3.05, 3.63) is 56.6 Å². The molecule has 1 unspecified atom stereocenters. The zero-order valence-electron chi connectivity index (χ0n) is 9.82. The first-order valence-electron chi connectivity index (χ1n) is 5.42. The van der Waals surface area contributed by atoms with Gasteiger partial charge < -0.3 is 11.5 Å². The highest BCUT2D eigenvalue weighted by Crippen LogP contribution is 2.30. The fraction of sp³-hybridized carbons (Fsp3) is 0.154. The zero-order chi connectivity index (χ0) is 13.3. The van der Waals surface area contributed by atoms with E-state index in [4.69, 9.17) is 23.1 Å². The van der Waals surface area contributed by atoms with Gasteiger partial charge in [-0.15, -0.1) is 0 Å². The fourth-order valence-corrected chi connectivity index (χ4v) is 2.38. The largest absolute Gasteiger partial charge is 0.383 e. The molecule has 0 saturated carbocycles. The van der Waals surface area contributed by atoms with Gasteiger partial charge in [0, 0.05) is 16.2 Å². The van der Waals surface area contributed by atoms with E-state index in [1.807, 2.05) is 31.2 Å². The van der Waals surface area contributed by atoms with Gasteiger partial charge in [0.1, 0.15) is 5.82 Å². The summed E-state index contributed by atoms with van der Waals surface area (Å²) in [6.45, 7) is 1.97. The van der Waals surface area contributed by atoms with Crippen LogP contribution in [0.15, 0.2) is 34.9 Å². The number of nitrogens with two attached hydrogens (primary N) is 2. The summed E-state index contributed by atoms with van der Waals surface area (Å²) in [5, 5.41) is 0.654. The first-order valence-corrected chi connectivity index (χ1v) is 6.59. The second kappa shape index (κ2) is 5.26. The van der Waals surface area contributed by atoms with Gasteiger partial charge in [0.15, 0.2) is 0 Å². The molecule has 0 aliphatic heterocycles. The molecule has 0 aliphatic carbocycles. The van der Waals surface area contributed by atoms with Crippen molar-refractivity contribution in [1.29, 1.82) is 0 Å². The van der Waals surface area contributed by atoms with Crippen molar-refractivity contribution in [3.8, 4) is 0 Å². The third kappa shape index (κ3) is 2.51. The maximum atomic E-state index is 6.25. The van der Waals surface area contributed by atoms with Crippen molar-refractivity contribution in [2.75, 3.05) is 5.73 Å². The van der Waals surface area contributed by atoms with E-state index in [0.717, 1.165) is 21.2 Å². The van der Waals surface area contributed by atoms with Crippen LogP contribution in [0.4, 0.5) is 5.82 Å². The van der Waals surface area contributed by atoms with Gasteiger partial charge in [0.2, 0.25) is 0 Å². The molecule has 3 nitrogen and oxygen atoms in total. The van der Waals surface area contributed by atoms with Gasteiger partial charge in [0.25, 0.3) is 0 Å². The quantitative estimate of drug-likeness (QED) is 0.888. The van der Waals surface area contributed by atoms with Crippen molar-refractivity contribution in [2.24, 2.45) is 5.73 Å². The molecule has 0 fully saturated rings. The number of hydrogen-bond acceptors (Lipinski definition) is 3. The first-order chi connectivity index (χ1) is 8.50. The molecule has 1 aromatic carbocycles. The lowest BCUT2D eigenvalue weighted by molar-refractivity contribution is 0.856. The summed E-state index contributed by atoms with van der Waals surface area (Å²) >= 11 is 9.36. The monoisotopic (exact) mass is 325 g/mol. The standard InChI is InChI=1S/C13H13BrClN3/c1-7-4-5-18-13(17)11(7)12(16)8-2-3-10(15)9(14)6-8/h2-6,12H,16H2,1H3,(H2,17,18). The van der Waals surface area contributed by atoms with Crippen molar-refractivity contribution in [1.82, 2.24) is 4.98 Å². The normalized spacial score (nSPS) is 12.4. The Morgan fingerprint density at radius 3 is 2.67 bits per heavy atom. The number of pyridine rings is 1. The lowest BCUT2D eigenvalue weighted by atomic mass is 9.96. The van der Waals surface area contributed by atoms with E-state index in [1.54, 1.807) is 6.20 Å². The van der Waals surface area contributed by atoms with Crippen LogP contribution in [0.5, 0.6) is 0 Å². The molecule has 1 atom stereocenters. The third-order valence-corrected chi connectivity index (χ3v) is 4.07. The van der Waals surface area contributed by atoms with E-state index < -0.39 is 0 Å². The molecule has 0 spiro atoms. The van der Waals surface area contributed by atoms with E-state index in [1.165, 1.54) is 0 Å². The maximum absolute atomic E-state index is 6.25. The second-order valence-electron chi connectivity index (χ2n) is 4.08. The van der Waals surface area contributed by atoms with E-state index in [9.17, 15) is 0 Å². The van der Waals surface area contributed by atoms with Gasteiger partial charge in [-0.1, -0.05) is 17.7 Å². The number of benzene rings is 1. The molecule has 1 heterocycles. The highest BCUT2D eigenvalue weighted by atomic mass is 79.9. The second-order valence-corrected chi connectivity index (χ2v) is 5.34. The fourth-order valence-electron chi connectivity index (χ4n) is 1.87. The molecule has 94 valence electrons. The van der Waals surface area contributed by atoms with Gasteiger partial charge in [-0.25, -0.2) is 4.98 Å². The zero-order valence-corrected chi connectivity index (χ0v) is 12.2. The Morgan fingerprint density at radius 2 is 2.06 bits per heavy atom. The molecular weight excluding hydrogens is 314 g/mol. The number of hydrogen-bond donors (Lipinski definition) is 2. The number of halogens is 2. The summed E-state index contributed by atoms with van der Waals surface area (Å²) in [5.74, 6) is 0.466. The van der Waals surface area contributed by atoms with Crippen molar-refractivity contribution in [3.63, 3.8) is 0 Å². The lowest BCUT2D eigenvalue weighted by Crippen LogP contribution is -2.16. The van der Waals surface area contributed by atoms with E-state index in [-0.39, 0.29) is 6.04 Å². The molecule has 0 radical (unpaired) electrons. The van der Waals surface area contributed by atoms with Crippen LogP contribution in [0.25, 0.3) is 0 Å². The Morgan fingerprint density at radius 1 is 1.33 bits per heavy atom. The smallest absolute Gasteiger partial charge is 0.128 e. The summed E-state index contributed by atoms with van der Waals surface area (Å²) in [5.41, 5.74) is 15.0. The summed E-state index contributed by atoms with van der Waals surface area (Å²) in [6, 6.07) is 7.19. The molecular formula is C13H13BrClN3. The highest BCUT2D eigenvalue weighted by molar-refractivity contribution is 9.10. The number of aromatic nitrogens is 1. The predicted molar refractivity (Wildman–Crippen MR) is 78.6 cm³/mol. The lowest BCUT2D eigenvalue weighted by Gasteiger charge is -2.17. The van der Waals surface area contributed by atoms with Crippen LogP contribution in [0, 0.1) is 6.92 Å². The number of nitrogens with zero attached hydrogens (tertiary/aromatic N) is 1. The Balaban J connectivity index is 2.48. The van der Waals surface area contributed by atoms with Crippen molar-refractivity contribution in [2.45, 2.75) is 13.0 Å². The molecule has 2 rings (SSSR count). The number of anilines is 1. The SMILES string of the molecule is Cc1ccnc(N)c1C(N)c1ccc(Cl)c(Br)c1. The number of nitrogen functional groups attached to an aromatic ring is 1. The van der Waals surface area contributed by atoms with Gasteiger partial charge in [-0.05, 0) is 52.2 Å². The van der Waals surface area contributed by atoms with Crippen LogP contribution in [0.2, 0.25) is 5.02 Å². The number of aryl methyl sites for hydroxylation is 1. The summed E-state index contributed by atoms with van der Waals surface area (Å²) in [7, 11) is 0. The van der Waals surface area contributed by atoms with Crippen LogP contribution in [0.3, 0.4) is 0 Å². The molecule has 5 heteroatoms. The summed E-state index contributed by atoms with van der Waals surface area (Å²) in [6.07, 6.45) is 1.68. The average molecular weight is 327 g/mol. The molecule has 0 bridgehead atoms. The highest BCUT2D eigenvalue weighted by Gasteiger charge is 2.16.